The van der Waals surface area contributed by atoms with Crippen LogP contribution < -0.4 is 21.7 Å². The minimum absolute atomic E-state index is 0.170. The molecule has 37 heavy (non-hydrogen) atoms. The number of unbranched alkanes of at least 4 members (excludes halogenated alkanes) is 1. The third-order valence-corrected chi connectivity index (χ3v) is 5.84. The van der Waals surface area contributed by atoms with Crippen LogP contribution in [-0.4, -0.2) is 111 Å². The van der Waals surface area contributed by atoms with Gasteiger partial charge in [0.15, 0.2) is 0 Å². The first kappa shape index (κ1) is 31.7. The van der Waals surface area contributed by atoms with Gasteiger partial charge >= 0.3 is 17.9 Å². The number of rotatable bonds is 18. The molecule has 0 aliphatic carbocycles. The Labute approximate surface area is 213 Å². The summed E-state index contributed by atoms with van der Waals surface area (Å²) in [7, 11) is 0. The summed E-state index contributed by atoms with van der Waals surface area (Å²) in [5, 5.41) is 44.4. The number of carbonyl (C=O) groups excluding carboxylic acids is 3. The molecule has 1 fully saturated rings. The summed E-state index contributed by atoms with van der Waals surface area (Å²) in [5.74, 6) is -5.70. The smallest absolute Gasteiger partial charge is 0.326 e. The van der Waals surface area contributed by atoms with E-state index in [4.69, 9.17) is 10.8 Å². The number of nitrogens with one attached hydrogen (secondary N) is 3. The molecule has 1 heterocycles. The predicted octanol–water partition coefficient (Wildman–Crippen LogP) is -2.55. The van der Waals surface area contributed by atoms with E-state index in [-0.39, 0.29) is 32.4 Å². The molecule has 1 rings (SSSR count). The van der Waals surface area contributed by atoms with Crippen LogP contribution >= 0.6 is 0 Å². The Balaban J connectivity index is 2.90. The average molecular weight is 532 g/mol. The highest BCUT2D eigenvalue weighted by Gasteiger charge is 2.38. The van der Waals surface area contributed by atoms with Crippen molar-refractivity contribution in [2.45, 2.75) is 75.5 Å². The van der Waals surface area contributed by atoms with Gasteiger partial charge in [-0.15, -0.1) is 0 Å². The lowest BCUT2D eigenvalue weighted by Gasteiger charge is -2.29. The largest absolute Gasteiger partial charge is 0.481 e. The van der Waals surface area contributed by atoms with Crippen LogP contribution in [-0.2, 0) is 28.8 Å². The van der Waals surface area contributed by atoms with Gasteiger partial charge in [0, 0.05) is 19.5 Å². The molecule has 0 aromatic rings. The number of hydrogen-bond acceptors (Lipinski definition) is 9. The van der Waals surface area contributed by atoms with Gasteiger partial charge in [0.1, 0.15) is 12.1 Å². The quantitative estimate of drug-likeness (QED) is 0.0851. The van der Waals surface area contributed by atoms with Crippen LogP contribution in [0.15, 0.2) is 0 Å². The number of amides is 3. The van der Waals surface area contributed by atoms with Gasteiger partial charge in [-0.05, 0) is 38.6 Å². The van der Waals surface area contributed by atoms with Crippen molar-refractivity contribution in [1.29, 1.82) is 0 Å². The third-order valence-electron chi connectivity index (χ3n) is 5.84. The van der Waals surface area contributed by atoms with Crippen molar-refractivity contribution in [3.8, 4) is 0 Å². The maximum Gasteiger partial charge on any atom is 0.326 e. The molecule has 0 aromatic heterocycles. The maximum absolute atomic E-state index is 13.1. The average Bonchev–Trinajstić information content (AvgIpc) is 3.33. The van der Waals surface area contributed by atoms with E-state index in [1.807, 2.05) is 0 Å². The molecule has 210 valence electrons. The second kappa shape index (κ2) is 16.4. The summed E-state index contributed by atoms with van der Waals surface area (Å²) in [4.78, 5) is 72.7. The first-order valence-corrected chi connectivity index (χ1v) is 12.1. The van der Waals surface area contributed by atoms with Crippen molar-refractivity contribution < 1.29 is 49.2 Å². The van der Waals surface area contributed by atoms with E-state index in [0.29, 0.717) is 25.8 Å². The maximum atomic E-state index is 13.1. The fourth-order valence-corrected chi connectivity index (χ4v) is 3.91. The van der Waals surface area contributed by atoms with Crippen molar-refractivity contribution in [3.63, 3.8) is 0 Å². The van der Waals surface area contributed by atoms with E-state index in [1.54, 1.807) is 0 Å². The van der Waals surface area contributed by atoms with Gasteiger partial charge in [0.25, 0.3) is 0 Å². The first-order chi connectivity index (χ1) is 17.5. The molecular weight excluding hydrogens is 494 g/mol. The van der Waals surface area contributed by atoms with Gasteiger partial charge in [-0.3, -0.25) is 24.0 Å². The van der Waals surface area contributed by atoms with Crippen LogP contribution in [0.5, 0.6) is 0 Å². The molecule has 1 aliphatic rings. The first-order valence-electron chi connectivity index (χ1n) is 12.1. The number of aliphatic hydroxyl groups is 1. The highest BCUT2D eigenvalue weighted by molar-refractivity contribution is 5.93. The normalized spacial score (nSPS) is 17.5. The molecule has 0 unspecified atom stereocenters. The van der Waals surface area contributed by atoms with E-state index in [9.17, 15) is 44.1 Å². The molecule has 15 heteroatoms. The van der Waals surface area contributed by atoms with Gasteiger partial charge in [-0.1, -0.05) is 0 Å². The standard InChI is InChI=1S/C22H37N5O10/c23-8-2-1-4-14(21(35)27-9-3-5-16(27)22(36)37)26-20(34)15(10-19(32)33)24-11-13(12-28)25-17(29)6-7-18(30)31/h13-16,24,28H,1-12,23H2,(H,25,29)(H,26,34)(H,30,31)(H,32,33)(H,36,37)/t13-,14+,15+,16+/m1/s1. The Bertz CT molecular complexity index is 824. The van der Waals surface area contributed by atoms with Gasteiger partial charge in [0.05, 0.1) is 31.5 Å². The lowest BCUT2D eigenvalue weighted by atomic mass is 10.1. The summed E-state index contributed by atoms with van der Waals surface area (Å²) >= 11 is 0. The summed E-state index contributed by atoms with van der Waals surface area (Å²) in [6, 6.07) is -4.39. The molecule has 0 saturated carbocycles. The van der Waals surface area contributed by atoms with Crippen molar-refractivity contribution in [2.75, 3.05) is 26.2 Å². The Morgan fingerprint density at radius 3 is 2.22 bits per heavy atom. The number of nitrogens with two attached hydrogens (primary N) is 1. The molecule has 0 aromatic carbocycles. The Hall–Kier alpha value is -3.30. The molecule has 1 saturated heterocycles. The van der Waals surface area contributed by atoms with Crippen LogP contribution in [0.2, 0.25) is 0 Å². The zero-order valence-corrected chi connectivity index (χ0v) is 20.6. The minimum Gasteiger partial charge on any atom is -0.481 e. The minimum atomic E-state index is -1.35. The van der Waals surface area contributed by atoms with Crippen LogP contribution in [0.4, 0.5) is 0 Å². The summed E-state index contributed by atoms with van der Waals surface area (Å²) in [5.41, 5.74) is 5.51. The van der Waals surface area contributed by atoms with Crippen LogP contribution in [0.3, 0.4) is 0 Å². The number of carboxylic acids is 3. The number of aliphatic hydroxyl groups excluding tert-OH is 1. The second-order valence-corrected chi connectivity index (χ2v) is 8.77. The van der Waals surface area contributed by atoms with E-state index >= 15 is 0 Å². The molecular formula is C22H37N5O10. The third kappa shape index (κ3) is 11.5. The summed E-state index contributed by atoms with van der Waals surface area (Å²) in [6.45, 7) is -0.228. The molecule has 15 nitrogen and oxygen atoms in total. The Morgan fingerprint density at radius 2 is 1.65 bits per heavy atom. The van der Waals surface area contributed by atoms with Gasteiger partial charge in [-0.25, -0.2) is 4.79 Å². The van der Waals surface area contributed by atoms with Crippen molar-refractivity contribution in [1.82, 2.24) is 20.9 Å². The Kier molecular flexibility index (Phi) is 14.1. The molecule has 0 bridgehead atoms. The van der Waals surface area contributed by atoms with Crippen LogP contribution in [0.25, 0.3) is 0 Å². The summed E-state index contributed by atoms with van der Waals surface area (Å²) in [6.07, 6.45) is 0.547. The molecule has 4 atom stereocenters. The predicted molar refractivity (Wildman–Crippen MR) is 127 cm³/mol. The monoisotopic (exact) mass is 531 g/mol. The van der Waals surface area contributed by atoms with Crippen molar-refractivity contribution in [3.05, 3.63) is 0 Å². The molecule has 0 spiro atoms. The number of carbonyl (C=O) groups is 6. The Morgan fingerprint density at radius 1 is 0.946 bits per heavy atom. The van der Waals surface area contributed by atoms with E-state index in [0.717, 1.165) is 0 Å². The zero-order chi connectivity index (χ0) is 28.0. The molecule has 1 aliphatic heterocycles. The molecule has 3 amide bonds. The molecule has 0 radical (unpaired) electrons. The number of carboxylic acid groups (broad SMARTS) is 3. The van der Waals surface area contributed by atoms with E-state index in [2.05, 4.69) is 16.0 Å². The van der Waals surface area contributed by atoms with E-state index in [1.165, 1.54) is 4.90 Å². The van der Waals surface area contributed by atoms with Crippen LogP contribution in [0, 0.1) is 0 Å². The van der Waals surface area contributed by atoms with Crippen LogP contribution in [0.1, 0.15) is 51.4 Å². The number of hydrogen-bond donors (Lipinski definition) is 8. The van der Waals surface area contributed by atoms with Crippen molar-refractivity contribution >= 4 is 35.6 Å². The SMILES string of the molecule is NCCCC[C@H](NC(=O)[C@H](CC(=O)O)NC[C@H](CO)NC(=O)CCC(=O)O)C(=O)N1CCC[C@H]1C(=O)O. The van der Waals surface area contributed by atoms with Gasteiger partial charge < -0.3 is 47.0 Å². The lowest BCUT2D eigenvalue weighted by Crippen LogP contribution is -2.57. The fraction of sp³-hybridized carbons (Fsp3) is 0.727. The fourth-order valence-electron chi connectivity index (χ4n) is 3.91. The summed E-state index contributed by atoms with van der Waals surface area (Å²) < 4.78 is 0. The highest BCUT2D eigenvalue weighted by Crippen LogP contribution is 2.20. The van der Waals surface area contributed by atoms with Gasteiger partial charge in [0.2, 0.25) is 17.7 Å². The molecule has 9 N–H and O–H groups in total. The number of nitrogens with zero attached hydrogens (tertiary/aromatic N) is 1. The zero-order valence-electron chi connectivity index (χ0n) is 20.6. The highest BCUT2D eigenvalue weighted by atomic mass is 16.4. The second-order valence-electron chi connectivity index (χ2n) is 8.77. The van der Waals surface area contributed by atoms with Gasteiger partial charge in [-0.2, -0.15) is 0 Å². The van der Waals surface area contributed by atoms with Crippen molar-refractivity contribution in [2.24, 2.45) is 5.73 Å². The van der Waals surface area contributed by atoms with E-state index < -0.39 is 79.2 Å². The lowest BCUT2D eigenvalue weighted by molar-refractivity contribution is -0.149. The number of aliphatic carboxylic acids is 3. The topological polar surface area (TPSA) is 249 Å². The number of likely N-dealkylation sites (tertiary alicyclic amines) is 1.